The van der Waals surface area contributed by atoms with Gasteiger partial charge in [0.1, 0.15) is 10.3 Å². The number of nitrogens with zero attached hydrogens (tertiary/aromatic N) is 2. The van der Waals surface area contributed by atoms with Gasteiger partial charge in [-0.15, -0.1) is 0 Å². The number of hydrogen-bond acceptors (Lipinski definition) is 7. The molecule has 10 heteroatoms. The number of esters is 1. The molecule has 0 fully saturated rings. The Balaban J connectivity index is 1.82. The van der Waals surface area contributed by atoms with Crippen molar-refractivity contribution in [3.63, 3.8) is 0 Å². The molecule has 2 aliphatic heterocycles. The molecule has 184 valence electrons. The first-order chi connectivity index (χ1) is 17.2. The quantitative estimate of drug-likeness (QED) is 0.488. The number of aromatic nitrogens is 1. The van der Waals surface area contributed by atoms with E-state index in [1.165, 1.54) is 4.57 Å². The number of amides is 1. The van der Waals surface area contributed by atoms with Crippen molar-refractivity contribution in [1.82, 2.24) is 4.57 Å². The third kappa shape index (κ3) is 3.81. The van der Waals surface area contributed by atoms with Gasteiger partial charge in [0.15, 0.2) is 4.80 Å². The number of halogens is 1. The molecule has 0 aliphatic carbocycles. The molecule has 0 saturated heterocycles. The molecule has 3 heterocycles. The van der Waals surface area contributed by atoms with Gasteiger partial charge in [-0.1, -0.05) is 29.0 Å². The van der Waals surface area contributed by atoms with E-state index in [2.05, 4.69) is 26.2 Å². The van der Waals surface area contributed by atoms with Crippen LogP contribution >= 0.6 is 27.3 Å². The summed E-state index contributed by atoms with van der Waals surface area (Å²) in [5, 5.41) is 2.84. The molecule has 2 aliphatic rings. The largest absolute Gasteiger partial charge is 0.496 e. The minimum atomic E-state index is -0.793. The predicted molar refractivity (Wildman–Crippen MR) is 140 cm³/mol. The Morgan fingerprint density at radius 3 is 2.67 bits per heavy atom. The number of ether oxygens (including phenoxy) is 2. The zero-order valence-electron chi connectivity index (χ0n) is 20.0. The lowest BCUT2D eigenvalue weighted by molar-refractivity contribution is -0.139. The Morgan fingerprint density at radius 1 is 1.19 bits per heavy atom. The van der Waals surface area contributed by atoms with Gasteiger partial charge in [0.25, 0.3) is 11.5 Å². The molecule has 0 bridgehead atoms. The van der Waals surface area contributed by atoms with Gasteiger partial charge in [0.2, 0.25) is 0 Å². The predicted octanol–water partition coefficient (Wildman–Crippen LogP) is 3.20. The SMILES string of the molecule is CCOC(=O)C1=C(C)N=c2s/c(=C3\C(=O)Nc4ccc(C)cc43)c(=O)n2[C@@H]1c1ccc(OC)c(Br)c1. The molecule has 0 saturated carbocycles. The van der Waals surface area contributed by atoms with Crippen molar-refractivity contribution in [3.8, 4) is 5.75 Å². The number of carbonyl (C=O) groups is 2. The summed E-state index contributed by atoms with van der Waals surface area (Å²) in [7, 11) is 1.56. The second kappa shape index (κ2) is 9.18. The third-order valence-electron chi connectivity index (χ3n) is 6.13. The Kier molecular flexibility index (Phi) is 6.17. The molecule has 1 atom stereocenters. The number of thiazole rings is 1. The highest BCUT2D eigenvalue weighted by Crippen LogP contribution is 2.35. The van der Waals surface area contributed by atoms with Crippen molar-refractivity contribution in [1.29, 1.82) is 0 Å². The van der Waals surface area contributed by atoms with Crippen LogP contribution in [-0.4, -0.2) is 30.2 Å². The summed E-state index contributed by atoms with van der Waals surface area (Å²) < 4.78 is 13.1. The number of nitrogens with one attached hydrogen (secondary N) is 1. The lowest BCUT2D eigenvalue weighted by atomic mass is 9.95. The van der Waals surface area contributed by atoms with Crippen molar-refractivity contribution in [2.45, 2.75) is 26.8 Å². The van der Waals surface area contributed by atoms with Crippen LogP contribution in [0.5, 0.6) is 5.75 Å². The van der Waals surface area contributed by atoms with Crippen LogP contribution in [0, 0.1) is 6.92 Å². The smallest absolute Gasteiger partial charge is 0.338 e. The van der Waals surface area contributed by atoms with Crippen molar-refractivity contribution in [2.24, 2.45) is 4.99 Å². The van der Waals surface area contributed by atoms with Gasteiger partial charge in [-0.25, -0.2) is 9.79 Å². The zero-order chi connectivity index (χ0) is 25.7. The fraction of sp³-hybridized carbons (Fsp3) is 0.231. The first-order valence-corrected chi connectivity index (χ1v) is 12.8. The maximum Gasteiger partial charge on any atom is 0.338 e. The van der Waals surface area contributed by atoms with Crippen LogP contribution in [-0.2, 0) is 14.3 Å². The van der Waals surface area contributed by atoms with Crippen molar-refractivity contribution < 1.29 is 19.1 Å². The molecular formula is C26H22BrN3O5S. The minimum Gasteiger partial charge on any atom is -0.496 e. The molecule has 0 spiro atoms. The molecule has 1 amide bonds. The van der Waals surface area contributed by atoms with E-state index in [0.29, 0.717) is 43.1 Å². The Morgan fingerprint density at radius 2 is 1.97 bits per heavy atom. The molecule has 36 heavy (non-hydrogen) atoms. The summed E-state index contributed by atoms with van der Waals surface area (Å²) in [4.78, 5) is 45.0. The molecule has 8 nitrogen and oxygen atoms in total. The summed E-state index contributed by atoms with van der Waals surface area (Å²) in [6.07, 6.45) is 0. The van der Waals surface area contributed by atoms with Gasteiger partial charge < -0.3 is 14.8 Å². The zero-order valence-corrected chi connectivity index (χ0v) is 22.4. The summed E-state index contributed by atoms with van der Waals surface area (Å²) >= 11 is 4.64. The molecule has 1 aromatic heterocycles. The number of benzene rings is 2. The van der Waals surface area contributed by atoms with Gasteiger partial charge in [0, 0.05) is 11.3 Å². The van der Waals surface area contributed by atoms with Gasteiger partial charge in [0.05, 0.1) is 41.1 Å². The fourth-order valence-corrected chi connectivity index (χ4v) is 6.22. The Labute approximate surface area is 218 Å². The maximum absolute atomic E-state index is 14.0. The number of hydrogen-bond donors (Lipinski definition) is 1. The van der Waals surface area contributed by atoms with E-state index in [9.17, 15) is 14.4 Å². The number of methoxy groups -OCH3 is 1. The molecule has 3 aromatic rings. The van der Waals surface area contributed by atoms with Crippen LogP contribution in [0.2, 0.25) is 0 Å². The number of allylic oxidation sites excluding steroid dienone is 1. The number of aryl methyl sites for hydroxylation is 1. The van der Waals surface area contributed by atoms with Crippen LogP contribution < -0.4 is 24.9 Å². The molecule has 5 rings (SSSR count). The van der Waals surface area contributed by atoms with E-state index in [-0.39, 0.29) is 22.6 Å². The van der Waals surface area contributed by atoms with Crippen LogP contribution in [0.15, 0.2) is 61.9 Å². The van der Waals surface area contributed by atoms with Crippen LogP contribution in [0.4, 0.5) is 5.69 Å². The molecule has 1 N–H and O–H groups in total. The monoisotopic (exact) mass is 567 g/mol. The van der Waals surface area contributed by atoms with Crippen molar-refractivity contribution >= 4 is 50.4 Å². The highest BCUT2D eigenvalue weighted by molar-refractivity contribution is 9.10. The van der Waals surface area contributed by atoms with Gasteiger partial charge >= 0.3 is 5.97 Å². The summed E-state index contributed by atoms with van der Waals surface area (Å²) in [5.74, 6) is -0.277. The lowest BCUT2D eigenvalue weighted by Crippen LogP contribution is -2.40. The van der Waals surface area contributed by atoms with Gasteiger partial charge in [-0.05, 0) is 66.5 Å². The van der Waals surface area contributed by atoms with E-state index < -0.39 is 17.6 Å². The molecular weight excluding hydrogens is 546 g/mol. The first-order valence-electron chi connectivity index (χ1n) is 11.2. The van der Waals surface area contributed by atoms with E-state index >= 15 is 0 Å². The summed E-state index contributed by atoms with van der Waals surface area (Å²) in [6.45, 7) is 5.55. The number of anilines is 1. The molecule has 0 radical (unpaired) electrons. The first kappa shape index (κ1) is 24.2. The van der Waals surface area contributed by atoms with Gasteiger partial charge in [-0.2, -0.15) is 0 Å². The topological polar surface area (TPSA) is 99.0 Å². The minimum absolute atomic E-state index is 0.180. The number of rotatable bonds is 4. The highest BCUT2D eigenvalue weighted by Gasteiger charge is 2.35. The van der Waals surface area contributed by atoms with Crippen LogP contribution in [0.3, 0.4) is 0 Å². The van der Waals surface area contributed by atoms with E-state index in [4.69, 9.17) is 9.47 Å². The van der Waals surface area contributed by atoms with E-state index in [1.54, 1.807) is 33.1 Å². The van der Waals surface area contributed by atoms with Crippen LogP contribution in [0.1, 0.15) is 36.6 Å². The second-order valence-electron chi connectivity index (χ2n) is 8.39. The number of carbonyl (C=O) groups excluding carboxylic acids is 2. The normalized spacial score (nSPS) is 17.8. The standard InChI is InChI=1S/C26H22BrN3O5S/c1-5-35-25(33)19-13(3)28-26-30(21(19)14-7-9-18(34-4)16(27)11-14)24(32)22(36-26)20-15-10-12(2)6-8-17(15)29-23(20)31/h6-11,21H,5H2,1-4H3,(H,29,31)/b22-20-/t21-/m1/s1. The van der Waals surface area contributed by atoms with E-state index in [0.717, 1.165) is 16.9 Å². The molecule has 2 aromatic carbocycles. The van der Waals surface area contributed by atoms with Gasteiger partial charge in [-0.3, -0.25) is 14.2 Å². The summed E-state index contributed by atoms with van der Waals surface area (Å²) in [5.41, 5.74) is 3.61. The lowest BCUT2D eigenvalue weighted by Gasteiger charge is -2.25. The summed E-state index contributed by atoms with van der Waals surface area (Å²) in [6, 6.07) is 10.2. The second-order valence-corrected chi connectivity index (χ2v) is 10.2. The van der Waals surface area contributed by atoms with Crippen LogP contribution in [0.25, 0.3) is 5.57 Å². The van der Waals surface area contributed by atoms with Crippen molar-refractivity contribution in [3.05, 3.63) is 88.5 Å². The fourth-order valence-electron chi connectivity index (χ4n) is 4.52. The Bertz CT molecular complexity index is 1670. The van der Waals surface area contributed by atoms with Crippen molar-refractivity contribution in [2.75, 3.05) is 19.0 Å². The average molecular weight is 568 g/mol. The Hall–Kier alpha value is -3.50. The third-order valence-corrected chi connectivity index (χ3v) is 7.80. The van der Waals surface area contributed by atoms with E-state index in [1.807, 2.05) is 31.2 Å². The number of fused-ring (bicyclic) bond motifs is 2. The molecule has 0 unspecified atom stereocenters. The average Bonchev–Trinajstić information content (AvgIpc) is 3.32. The maximum atomic E-state index is 14.0. The highest BCUT2D eigenvalue weighted by atomic mass is 79.9.